The van der Waals surface area contributed by atoms with Gasteiger partial charge in [-0.3, -0.25) is 14.9 Å². The number of aliphatic hydroxyl groups is 4. The third kappa shape index (κ3) is 4.86. The van der Waals surface area contributed by atoms with Crippen LogP contribution in [0.3, 0.4) is 0 Å². The van der Waals surface area contributed by atoms with Crippen molar-refractivity contribution < 1.29 is 30.1 Å². The number of nitro groups is 1. The number of hydrogen-bond donors (Lipinski definition) is 5. The average Bonchev–Trinajstić information content (AvgIpc) is 2.53. The fourth-order valence-electron chi connectivity index (χ4n) is 1.40. The van der Waals surface area contributed by atoms with Gasteiger partial charge in [0.05, 0.1) is 17.7 Å². The summed E-state index contributed by atoms with van der Waals surface area (Å²) in [6, 6.07) is 4.75. The Morgan fingerprint density at radius 2 is 1.91 bits per heavy atom. The molecule has 0 aliphatic carbocycles. The number of carbonyl (C=O) groups is 1. The molecule has 0 aliphatic rings. The second-order valence-electron chi connectivity index (χ2n) is 4.25. The Balaban J connectivity index is 2.58. The highest BCUT2D eigenvalue weighted by molar-refractivity contribution is 5.94. The molecule has 0 saturated carbocycles. The van der Waals surface area contributed by atoms with Crippen LogP contribution in [0.5, 0.6) is 0 Å². The maximum absolute atomic E-state index is 11.6. The van der Waals surface area contributed by atoms with Gasteiger partial charge >= 0.3 is 0 Å². The van der Waals surface area contributed by atoms with Crippen LogP contribution in [0.15, 0.2) is 29.4 Å². The molecule has 0 heterocycles. The average molecular weight is 313 g/mol. The van der Waals surface area contributed by atoms with Crippen molar-refractivity contribution in [1.29, 1.82) is 0 Å². The minimum atomic E-state index is -1.66. The van der Waals surface area contributed by atoms with Crippen molar-refractivity contribution in [2.75, 3.05) is 6.61 Å². The number of nitrogens with one attached hydrogen (secondary N) is 1. The molecule has 0 aliphatic heterocycles. The van der Waals surface area contributed by atoms with E-state index in [0.29, 0.717) is 0 Å². The van der Waals surface area contributed by atoms with Gasteiger partial charge in [-0.25, -0.2) is 5.43 Å². The maximum atomic E-state index is 11.6. The van der Waals surface area contributed by atoms with Gasteiger partial charge < -0.3 is 20.4 Å². The van der Waals surface area contributed by atoms with Gasteiger partial charge in [-0.1, -0.05) is 0 Å². The summed E-state index contributed by atoms with van der Waals surface area (Å²) in [4.78, 5) is 21.5. The fraction of sp³-hybridized carbons (Fsp3) is 0.333. The van der Waals surface area contributed by atoms with Crippen LogP contribution >= 0.6 is 0 Å². The van der Waals surface area contributed by atoms with Gasteiger partial charge in [0, 0.05) is 17.7 Å². The van der Waals surface area contributed by atoms with E-state index in [9.17, 15) is 25.1 Å². The number of rotatable bonds is 7. The standard InChI is InChI=1S/C12H15N3O7/c16-6-10(18)11(19)9(17)5-13-14-12(20)7-1-3-8(4-2-7)15(21)22/h1-5,9-11,16-19H,6H2,(H,14,20)/b13-5+. The molecular formula is C12H15N3O7. The van der Waals surface area contributed by atoms with Crippen LogP contribution in [-0.4, -0.2) is 62.4 Å². The third-order valence-electron chi connectivity index (χ3n) is 2.66. The van der Waals surface area contributed by atoms with E-state index in [1.807, 2.05) is 5.43 Å². The molecule has 120 valence electrons. The van der Waals surface area contributed by atoms with Crippen LogP contribution in [0.4, 0.5) is 5.69 Å². The van der Waals surface area contributed by atoms with Crippen molar-refractivity contribution in [1.82, 2.24) is 5.43 Å². The molecule has 0 aromatic heterocycles. The zero-order valence-electron chi connectivity index (χ0n) is 11.2. The highest BCUT2D eigenvalue weighted by Gasteiger charge is 2.22. The molecule has 0 saturated heterocycles. The van der Waals surface area contributed by atoms with Crippen molar-refractivity contribution in [3.8, 4) is 0 Å². The lowest BCUT2D eigenvalue weighted by Gasteiger charge is -2.17. The first kappa shape index (κ1) is 17.7. The molecule has 3 atom stereocenters. The van der Waals surface area contributed by atoms with Crippen LogP contribution in [0.2, 0.25) is 0 Å². The number of carbonyl (C=O) groups excluding carboxylic acids is 1. The normalized spacial score (nSPS) is 15.3. The van der Waals surface area contributed by atoms with Gasteiger partial charge in [0.2, 0.25) is 0 Å². The van der Waals surface area contributed by atoms with E-state index in [2.05, 4.69) is 5.10 Å². The van der Waals surface area contributed by atoms with Crippen LogP contribution in [-0.2, 0) is 0 Å². The van der Waals surface area contributed by atoms with Gasteiger partial charge in [0.15, 0.2) is 0 Å². The van der Waals surface area contributed by atoms with Crippen molar-refractivity contribution in [2.24, 2.45) is 5.10 Å². The molecule has 0 spiro atoms. The number of benzene rings is 1. The number of aliphatic hydroxyl groups excluding tert-OH is 4. The second-order valence-corrected chi connectivity index (χ2v) is 4.25. The number of nitro benzene ring substituents is 1. The van der Waals surface area contributed by atoms with E-state index >= 15 is 0 Å². The summed E-state index contributed by atoms with van der Waals surface area (Å²) in [6.45, 7) is -0.749. The Labute approximate surface area is 124 Å². The number of nitrogens with zero attached hydrogens (tertiary/aromatic N) is 2. The van der Waals surface area contributed by atoms with Crippen molar-refractivity contribution in [3.63, 3.8) is 0 Å². The Bertz CT molecular complexity index is 546. The van der Waals surface area contributed by atoms with E-state index in [-0.39, 0.29) is 11.3 Å². The van der Waals surface area contributed by atoms with Crippen LogP contribution in [0.25, 0.3) is 0 Å². The largest absolute Gasteiger partial charge is 0.394 e. The zero-order chi connectivity index (χ0) is 16.7. The number of non-ortho nitro benzene ring substituents is 1. The van der Waals surface area contributed by atoms with E-state index in [1.54, 1.807) is 0 Å². The quantitative estimate of drug-likeness (QED) is 0.229. The lowest BCUT2D eigenvalue weighted by Crippen LogP contribution is -2.40. The Kier molecular flexibility index (Phi) is 6.53. The molecule has 22 heavy (non-hydrogen) atoms. The molecule has 5 N–H and O–H groups in total. The van der Waals surface area contributed by atoms with Gasteiger partial charge in [-0.05, 0) is 12.1 Å². The molecule has 1 rings (SSSR count). The number of hydrogen-bond acceptors (Lipinski definition) is 8. The van der Waals surface area contributed by atoms with E-state index in [0.717, 1.165) is 18.3 Å². The van der Waals surface area contributed by atoms with Crippen molar-refractivity contribution >= 4 is 17.8 Å². The molecule has 0 radical (unpaired) electrons. The summed E-state index contributed by atoms with van der Waals surface area (Å²) in [5, 5.41) is 50.3. The van der Waals surface area contributed by atoms with Crippen LogP contribution in [0, 0.1) is 10.1 Å². The highest BCUT2D eigenvalue weighted by atomic mass is 16.6. The lowest BCUT2D eigenvalue weighted by molar-refractivity contribution is -0.384. The topological polar surface area (TPSA) is 166 Å². The summed E-state index contributed by atoms with van der Waals surface area (Å²) in [5.41, 5.74) is 1.97. The minimum Gasteiger partial charge on any atom is -0.394 e. The van der Waals surface area contributed by atoms with Gasteiger partial charge in [-0.15, -0.1) is 0 Å². The second kappa shape index (κ2) is 8.14. The highest BCUT2D eigenvalue weighted by Crippen LogP contribution is 2.11. The summed E-state index contributed by atoms with van der Waals surface area (Å²) in [6.07, 6.45) is -4.04. The number of amides is 1. The van der Waals surface area contributed by atoms with Crippen molar-refractivity contribution in [3.05, 3.63) is 39.9 Å². The van der Waals surface area contributed by atoms with Gasteiger partial charge in [0.25, 0.3) is 11.6 Å². The molecule has 1 amide bonds. The first-order valence-electron chi connectivity index (χ1n) is 6.10. The molecule has 10 heteroatoms. The van der Waals surface area contributed by atoms with Gasteiger partial charge in [0.1, 0.15) is 18.3 Å². The van der Waals surface area contributed by atoms with E-state index in [4.69, 9.17) is 10.2 Å². The fourth-order valence-corrected chi connectivity index (χ4v) is 1.40. The Morgan fingerprint density at radius 1 is 1.32 bits per heavy atom. The van der Waals surface area contributed by atoms with E-state index in [1.165, 1.54) is 12.1 Å². The smallest absolute Gasteiger partial charge is 0.271 e. The molecule has 0 bridgehead atoms. The summed E-state index contributed by atoms with van der Waals surface area (Å²) < 4.78 is 0. The minimum absolute atomic E-state index is 0.105. The first-order chi connectivity index (χ1) is 10.4. The molecule has 0 fully saturated rings. The molecule has 1 aromatic rings. The zero-order valence-corrected chi connectivity index (χ0v) is 11.2. The first-order valence-corrected chi connectivity index (χ1v) is 6.10. The van der Waals surface area contributed by atoms with E-state index < -0.39 is 35.7 Å². The maximum Gasteiger partial charge on any atom is 0.271 e. The summed E-state index contributed by atoms with van der Waals surface area (Å²) >= 11 is 0. The SMILES string of the molecule is O=C(N/N=C/C(O)C(O)C(O)CO)c1ccc([N+](=O)[O-])cc1. The molecule has 1 aromatic carbocycles. The van der Waals surface area contributed by atoms with Crippen molar-refractivity contribution in [2.45, 2.75) is 18.3 Å². The van der Waals surface area contributed by atoms with Gasteiger partial charge in [-0.2, -0.15) is 5.10 Å². The summed E-state index contributed by atoms with van der Waals surface area (Å²) in [5.74, 6) is -0.685. The summed E-state index contributed by atoms with van der Waals surface area (Å²) in [7, 11) is 0. The monoisotopic (exact) mass is 313 g/mol. The molecule has 10 nitrogen and oxygen atoms in total. The Morgan fingerprint density at radius 3 is 2.41 bits per heavy atom. The van der Waals surface area contributed by atoms with Crippen LogP contribution in [0.1, 0.15) is 10.4 Å². The third-order valence-corrected chi connectivity index (χ3v) is 2.66. The predicted octanol–water partition coefficient (Wildman–Crippen LogP) is -1.61. The predicted molar refractivity (Wildman–Crippen MR) is 74.2 cm³/mol. The Hall–Kier alpha value is -2.40. The lowest BCUT2D eigenvalue weighted by atomic mass is 10.1. The molecule has 3 unspecified atom stereocenters. The number of hydrazone groups is 1. The van der Waals surface area contributed by atoms with Crippen LogP contribution < -0.4 is 5.43 Å². The molecular weight excluding hydrogens is 298 g/mol.